The van der Waals surface area contributed by atoms with Crippen LogP contribution in [-0.4, -0.2) is 29.4 Å². The molecule has 1 unspecified atom stereocenters. The lowest BCUT2D eigenvalue weighted by atomic mass is 10.1. The van der Waals surface area contributed by atoms with Crippen molar-refractivity contribution in [3.05, 3.63) is 36.7 Å². The van der Waals surface area contributed by atoms with Gasteiger partial charge in [0.25, 0.3) is 0 Å². The molecule has 1 aromatic heterocycles. The van der Waals surface area contributed by atoms with Gasteiger partial charge in [0.15, 0.2) is 0 Å². The molecule has 1 saturated heterocycles. The van der Waals surface area contributed by atoms with Gasteiger partial charge in [0.1, 0.15) is 6.04 Å². The summed E-state index contributed by atoms with van der Waals surface area (Å²) >= 11 is 0. The van der Waals surface area contributed by atoms with Crippen LogP contribution >= 0.6 is 0 Å². The molecular formula is C16H17N3O2. The quantitative estimate of drug-likeness (QED) is 0.915. The molecule has 3 rings (SSSR count). The Morgan fingerprint density at radius 1 is 1.33 bits per heavy atom. The number of anilines is 1. The molecule has 0 aliphatic carbocycles. The van der Waals surface area contributed by atoms with E-state index >= 15 is 0 Å². The fraction of sp³-hybridized carbons (Fsp3) is 0.312. The molecule has 5 nitrogen and oxygen atoms in total. The van der Waals surface area contributed by atoms with Crippen LogP contribution in [0.1, 0.15) is 19.8 Å². The summed E-state index contributed by atoms with van der Waals surface area (Å²) in [6, 6.07) is 7.29. The van der Waals surface area contributed by atoms with E-state index in [0.29, 0.717) is 19.4 Å². The van der Waals surface area contributed by atoms with Crippen LogP contribution < -0.4 is 10.2 Å². The van der Waals surface area contributed by atoms with Gasteiger partial charge in [-0.2, -0.15) is 0 Å². The zero-order valence-corrected chi connectivity index (χ0v) is 11.9. The monoisotopic (exact) mass is 283 g/mol. The van der Waals surface area contributed by atoms with Crippen molar-refractivity contribution in [2.45, 2.75) is 25.8 Å². The van der Waals surface area contributed by atoms with E-state index in [9.17, 15) is 9.59 Å². The molecule has 2 amide bonds. The highest BCUT2D eigenvalue weighted by Gasteiger charge is 2.30. The van der Waals surface area contributed by atoms with Gasteiger partial charge < -0.3 is 10.2 Å². The Hall–Kier alpha value is -2.43. The van der Waals surface area contributed by atoms with Crippen molar-refractivity contribution in [3.8, 4) is 0 Å². The zero-order chi connectivity index (χ0) is 14.8. The normalized spacial score (nSPS) is 19.5. The molecular weight excluding hydrogens is 266 g/mol. The highest BCUT2D eigenvalue weighted by atomic mass is 16.2. The topological polar surface area (TPSA) is 62.3 Å². The van der Waals surface area contributed by atoms with Crippen LogP contribution in [0.4, 0.5) is 5.69 Å². The summed E-state index contributed by atoms with van der Waals surface area (Å²) in [4.78, 5) is 30.2. The number of nitrogens with one attached hydrogen (secondary N) is 1. The molecule has 2 heterocycles. The SMILES string of the molecule is CCC1NC(=O)CCN(c2cccc3ccncc23)C1=O. The van der Waals surface area contributed by atoms with E-state index in [2.05, 4.69) is 10.3 Å². The minimum absolute atomic E-state index is 0.0558. The maximum absolute atomic E-state index is 12.7. The smallest absolute Gasteiger partial charge is 0.249 e. The Bertz CT molecular complexity index is 693. The summed E-state index contributed by atoms with van der Waals surface area (Å²) in [5.74, 6) is -0.129. The van der Waals surface area contributed by atoms with Gasteiger partial charge in [-0.05, 0) is 23.9 Å². The van der Waals surface area contributed by atoms with E-state index in [1.807, 2.05) is 31.2 Å². The number of nitrogens with zero attached hydrogens (tertiary/aromatic N) is 2. The van der Waals surface area contributed by atoms with Crippen LogP contribution in [0.3, 0.4) is 0 Å². The number of benzene rings is 1. The molecule has 108 valence electrons. The van der Waals surface area contributed by atoms with E-state index in [-0.39, 0.29) is 11.8 Å². The first-order valence-electron chi connectivity index (χ1n) is 7.14. The number of carbonyl (C=O) groups is 2. The number of amides is 2. The summed E-state index contributed by atoms with van der Waals surface area (Å²) in [5, 5.41) is 4.74. The third kappa shape index (κ3) is 2.46. The largest absolute Gasteiger partial charge is 0.344 e. The molecule has 1 atom stereocenters. The third-order valence-electron chi connectivity index (χ3n) is 3.82. The van der Waals surface area contributed by atoms with Gasteiger partial charge in [-0.15, -0.1) is 0 Å². The first kappa shape index (κ1) is 13.5. The van der Waals surface area contributed by atoms with Gasteiger partial charge >= 0.3 is 0 Å². The van der Waals surface area contributed by atoms with Crippen molar-refractivity contribution >= 4 is 28.3 Å². The fourth-order valence-electron chi connectivity index (χ4n) is 2.69. The standard InChI is InChI=1S/C16H17N3O2/c1-2-13-16(21)19(9-7-15(20)18-13)14-5-3-4-11-6-8-17-10-12(11)14/h3-6,8,10,13H,2,7,9H2,1H3,(H,18,20). The van der Waals surface area contributed by atoms with Gasteiger partial charge in [-0.3, -0.25) is 14.6 Å². The lowest BCUT2D eigenvalue weighted by Crippen LogP contribution is -2.44. The van der Waals surface area contributed by atoms with Crippen LogP contribution in [0.2, 0.25) is 0 Å². The van der Waals surface area contributed by atoms with E-state index in [1.54, 1.807) is 17.3 Å². The lowest BCUT2D eigenvalue weighted by molar-refractivity contribution is -0.125. The van der Waals surface area contributed by atoms with Gasteiger partial charge in [0.2, 0.25) is 11.8 Å². The molecule has 1 aliphatic heterocycles. The first-order chi connectivity index (χ1) is 10.2. The summed E-state index contributed by atoms with van der Waals surface area (Å²) in [5.41, 5.74) is 0.820. The lowest BCUT2D eigenvalue weighted by Gasteiger charge is -2.24. The van der Waals surface area contributed by atoms with E-state index in [1.165, 1.54) is 0 Å². The molecule has 1 fully saturated rings. The van der Waals surface area contributed by atoms with E-state index in [0.717, 1.165) is 16.5 Å². The second kappa shape index (κ2) is 5.52. The number of rotatable bonds is 2. The number of hydrogen-bond donors (Lipinski definition) is 1. The molecule has 1 aliphatic rings. The number of fused-ring (bicyclic) bond motifs is 1. The zero-order valence-electron chi connectivity index (χ0n) is 11.9. The second-order valence-electron chi connectivity index (χ2n) is 5.14. The minimum atomic E-state index is -0.452. The van der Waals surface area contributed by atoms with Crippen molar-refractivity contribution in [3.63, 3.8) is 0 Å². The summed E-state index contributed by atoms with van der Waals surface area (Å²) in [7, 11) is 0. The molecule has 0 bridgehead atoms. The fourth-order valence-corrected chi connectivity index (χ4v) is 2.69. The number of carbonyl (C=O) groups excluding carboxylic acids is 2. The van der Waals surface area contributed by atoms with Crippen LogP contribution in [0.5, 0.6) is 0 Å². The van der Waals surface area contributed by atoms with Gasteiger partial charge in [-0.25, -0.2) is 0 Å². The Morgan fingerprint density at radius 3 is 3.00 bits per heavy atom. The predicted molar refractivity (Wildman–Crippen MR) is 80.9 cm³/mol. The van der Waals surface area contributed by atoms with Gasteiger partial charge in [-0.1, -0.05) is 19.1 Å². The van der Waals surface area contributed by atoms with Crippen molar-refractivity contribution in [1.82, 2.24) is 10.3 Å². The van der Waals surface area contributed by atoms with Gasteiger partial charge in [0.05, 0.1) is 5.69 Å². The van der Waals surface area contributed by atoms with Crippen molar-refractivity contribution in [2.24, 2.45) is 0 Å². The molecule has 0 saturated carbocycles. The van der Waals surface area contributed by atoms with Crippen molar-refractivity contribution < 1.29 is 9.59 Å². The van der Waals surface area contributed by atoms with Crippen molar-refractivity contribution in [2.75, 3.05) is 11.4 Å². The molecule has 2 aromatic rings. The van der Waals surface area contributed by atoms with E-state index in [4.69, 9.17) is 0 Å². The second-order valence-corrected chi connectivity index (χ2v) is 5.14. The third-order valence-corrected chi connectivity index (χ3v) is 3.82. The number of aromatic nitrogens is 1. The maximum Gasteiger partial charge on any atom is 0.249 e. The highest BCUT2D eigenvalue weighted by Crippen LogP contribution is 2.27. The Balaban J connectivity index is 2.08. The molecule has 1 aromatic carbocycles. The number of hydrogen-bond acceptors (Lipinski definition) is 3. The molecule has 0 radical (unpaired) electrons. The molecule has 21 heavy (non-hydrogen) atoms. The summed E-state index contributed by atoms with van der Waals surface area (Å²) in [6.07, 6.45) is 4.40. The molecule has 1 N–H and O–H groups in total. The van der Waals surface area contributed by atoms with E-state index < -0.39 is 6.04 Å². The predicted octanol–water partition coefficient (Wildman–Crippen LogP) is 1.87. The average Bonchev–Trinajstić information content (AvgIpc) is 2.66. The molecule has 0 spiro atoms. The minimum Gasteiger partial charge on any atom is -0.344 e. The summed E-state index contributed by atoms with van der Waals surface area (Å²) in [6.45, 7) is 2.30. The van der Waals surface area contributed by atoms with Crippen molar-refractivity contribution in [1.29, 1.82) is 0 Å². The van der Waals surface area contributed by atoms with Gasteiger partial charge in [0, 0.05) is 30.7 Å². The highest BCUT2D eigenvalue weighted by molar-refractivity contribution is 6.07. The summed E-state index contributed by atoms with van der Waals surface area (Å²) < 4.78 is 0. The molecule has 5 heteroatoms. The Labute approximate surface area is 123 Å². The maximum atomic E-state index is 12.7. The first-order valence-corrected chi connectivity index (χ1v) is 7.14. The van der Waals surface area contributed by atoms with Crippen LogP contribution in [0.15, 0.2) is 36.7 Å². The Kier molecular flexibility index (Phi) is 3.56. The van der Waals surface area contributed by atoms with Crippen LogP contribution in [0.25, 0.3) is 10.8 Å². The number of pyridine rings is 1. The van der Waals surface area contributed by atoms with Crippen LogP contribution in [-0.2, 0) is 9.59 Å². The Morgan fingerprint density at radius 2 is 2.19 bits per heavy atom. The average molecular weight is 283 g/mol. The van der Waals surface area contributed by atoms with Crippen LogP contribution in [0, 0.1) is 0 Å².